The van der Waals surface area contributed by atoms with Gasteiger partial charge in [0, 0.05) is 21.1 Å². The van der Waals surface area contributed by atoms with Gasteiger partial charge in [0.05, 0.1) is 23.8 Å². The van der Waals surface area contributed by atoms with Crippen molar-refractivity contribution in [3.63, 3.8) is 0 Å². The van der Waals surface area contributed by atoms with Crippen molar-refractivity contribution in [1.29, 1.82) is 0 Å². The Morgan fingerprint density at radius 1 is 1.21 bits per heavy atom. The van der Waals surface area contributed by atoms with Crippen LogP contribution in [0.3, 0.4) is 0 Å². The highest BCUT2D eigenvalue weighted by atomic mass is 79.9. The van der Waals surface area contributed by atoms with E-state index in [0.717, 1.165) is 21.0 Å². The Kier molecular flexibility index (Phi) is 6.78. The van der Waals surface area contributed by atoms with Crippen molar-refractivity contribution in [2.24, 2.45) is 4.76 Å². The molecule has 1 aliphatic rings. The zero-order valence-electron chi connectivity index (χ0n) is 19.5. The first kappa shape index (κ1) is 26.3. The van der Waals surface area contributed by atoms with Gasteiger partial charge in [0.15, 0.2) is 11.6 Å². The summed E-state index contributed by atoms with van der Waals surface area (Å²) in [4.78, 5) is 24.4. The van der Waals surface area contributed by atoms with Gasteiger partial charge in [0.2, 0.25) is 10.0 Å². The van der Waals surface area contributed by atoms with E-state index >= 15 is 0 Å². The second-order valence-corrected chi connectivity index (χ2v) is 13.6. The molecule has 5 rings (SSSR count). The van der Waals surface area contributed by atoms with E-state index in [4.69, 9.17) is 0 Å². The first-order valence-corrected chi connectivity index (χ1v) is 16.1. The van der Waals surface area contributed by atoms with Gasteiger partial charge in [0.1, 0.15) is 11.3 Å². The molecule has 2 aromatic heterocycles. The molecule has 4 N–H and O–H groups in total. The number of anilines is 2. The van der Waals surface area contributed by atoms with Gasteiger partial charge in [-0.15, -0.1) is 0 Å². The van der Waals surface area contributed by atoms with Crippen molar-refractivity contribution in [2.45, 2.75) is 6.54 Å². The molecule has 0 aliphatic carbocycles. The number of aromatic hydroxyl groups is 1. The van der Waals surface area contributed by atoms with E-state index < -0.39 is 28.9 Å². The Labute approximate surface area is 229 Å². The summed E-state index contributed by atoms with van der Waals surface area (Å²) in [5.74, 6) is -0.805. The Balaban J connectivity index is 1.66. The van der Waals surface area contributed by atoms with Crippen molar-refractivity contribution in [1.82, 2.24) is 9.78 Å². The summed E-state index contributed by atoms with van der Waals surface area (Å²) in [6.45, 7) is 0.0594. The Morgan fingerprint density at radius 3 is 2.68 bits per heavy atom. The second kappa shape index (κ2) is 9.79. The number of thiophene rings is 1. The zero-order valence-corrected chi connectivity index (χ0v) is 23.6. The third-order valence-electron chi connectivity index (χ3n) is 5.49. The van der Waals surface area contributed by atoms with Crippen molar-refractivity contribution >= 4 is 67.3 Å². The van der Waals surface area contributed by atoms with E-state index in [1.165, 1.54) is 29.5 Å². The SMILES string of the molecule is CS(=O)(=O)Nc1ccc2c(c1)P(=O)(O)N=C(c1c(O)c(-c3ccsc3)nn(Cc3cccc(Br)c3)c1=O)N2. The van der Waals surface area contributed by atoms with E-state index in [0.29, 0.717) is 5.56 Å². The van der Waals surface area contributed by atoms with Crippen LogP contribution in [0, 0.1) is 0 Å². The van der Waals surface area contributed by atoms with Crippen LogP contribution in [0.5, 0.6) is 5.75 Å². The number of rotatable bonds is 6. The zero-order chi connectivity index (χ0) is 27.2. The molecule has 3 heterocycles. The smallest absolute Gasteiger partial charge is 0.346 e. The third kappa shape index (κ3) is 5.31. The molecule has 11 nitrogen and oxygen atoms in total. The third-order valence-corrected chi connectivity index (χ3v) is 8.74. The van der Waals surface area contributed by atoms with Gasteiger partial charge in [-0.3, -0.25) is 14.1 Å². The van der Waals surface area contributed by atoms with Crippen molar-refractivity contribution in [3.05, 3.63) is 85.2 Å². The first-order valence-electron chi connectivity index (χ1n) is 10.9. The molecular formula is C23H19BrN5O6PS2. The number of benzene rings is 2. The normalized spacial score (nSPS) is 16.9. The maximum absolute atomic E-state index is 13.6. The van der Waals surface area contributed by atoms with Crippen LogP contribution < -0.4 is 20.9 Å². The molecule has 0 amide bonds. The minimum absolute atomic E-state index is 0.0594. The summed E-state index contributed by atoms with van der Waals surface area (Å²) in [7, 11) is -8.12. The van der Waals surface area contributed by atoms with Crippen LogP contribution in [0.25, 0.3) is 11.3 Å². The molecule has 0 bridgehead atoms. The van der Waals surface area contributed by atoms with Gasteiger partial charge in [-0.25, -0.2) is 13.1 Å². The summed E-state index contributed by atoms with van der Waals surface area (Å²) in [5.41, 5.74) is 0.560. The molecule has 0 spiro atoms. The van der Waals surface area contributed by atoms with Gasteiger partial charge >= 0.3 is 7.52 Å². The van der Waals surface area contributed by atoms with Crippen LogP contribution in [0.15, 0.2) is 73.3 Å². The maximum Gasteiger partial charge on any atom is 0.346 e. The average molecular weight is 636 g/mol. The molecule has 1 atom stereocenters. The van der Waals surface area contributed by atoms with Crippen LogP contribution in [0.2, 0.25) is 0 Å². The molecule has 196 valence electrons. The van der Waals surface area contributed by atoms with Crippen LogP contribution >= 0.6 is 34.8 Å². The summed E-state index contributed by atoms with van der Waals surface area (Å²) in [6.07, 6.45) is 0.954. The predicted molar refractivity (Wildman–Crippen MR) is 151 cm³/mol. The van der Waals surface area contributed by atoms with Crippen LogP contribution in [0.1, 0.15) is 11.1 Å². The number of aromatic nitrogens is 2. The molecule has 1 unspecified atom stereocenters. The summed E-state index contributed by atoms with van der Waals surface area (Å²) >= 11 is 4.78. The van der Waals surface area contributed by atoms with Crippen molar-refractivity contribution in [3.8, 4) is 17.0 Å². The van der Waals surface area contributed by atoms with E-state index in [2.05, 4.69) is 35.8 Å². The molecule has 15 heteroatoms. The first-order chi connectivity index (χ1) is 17.9. The maximum atomic E-state index is 13.6. The minimum Gasteiger partial charge on any atom is -0.505 e. The number of hydrogen-bond acceptors (Lipinski definition) is 8. The lowest BCUT2D eigenvalue weighted by Crippen LogP contribution is -2.34. The lowest BCUT2D eigenvalue weighted by molar-refractivity contribution is 0.464. The highest BCUT2D eigenvalue weighted by Crippen LogP contribution is 2.47. The fraction of sp³-hybridized carbons (Fsp3) is 0.0870. The number of fused-ring (bicyclic) bond motifs is 1. The number of nitrogens with zero attached hydrogens (tertiary/aromatic N) is 3. The monoisotopic (exact) mass is 635 g/mol. The fourth-order valence-corrected chi connectivity index (χ4v) is 6.82. The van der Waals surface area contributed by atoms with Gasteiger partial charge in [-0.1, -0.05) is 28.1 Å². The molecular weight excluding hydrogens is 617 g/mol. The molecule has 0 saturated heterocycles. The molecule has 38 heavy (non-hydrogen) atoms. The highest BCUT2D eigenvalue weighted by molar-refractivity contribution is 9.10. The number of halogens is 1. The number of hydrogen-bond donors (Lipinski definition) is 4. The molecule has 1 aliphatic heterocycles. The molecule has 4 aromatic rings. The van der Waals surface area contributed by atoms with E-state index in [1.807, 2.05) is 24.3 Å². The Hall–Kier alpha value is -3.29. The quantitative estimate of drug-likeness (QED) is 0.234. The van der Waals surface area contributed by atoms with Gasteiger partial charge in [0.25, 0.3) is 5.56 Å². The van der Waals surface area contributed by atoms with Crippen molar-refractivity contribution in [2.75, 3.05) is 16.3 Å². The topological polar surface area (TPSA) is 163 Å². The van der Waals surface area contributed by atoms with E-state index in [1.54, 1.807) is 16.8 Å². The summed E-state index contributed by atoms with van der Waals surface area (Å²) in [6, 6.07) is 13.0. The molecule has 0 radical (unpaired) electrons. The van der Waals surface area contributed by atoms with Gasteiger partial charge in [-0.05, 0) is 47.3 Å². The lowest BCUT2D eigenvalue weighted by Gasteiger charge is -2.23. The van der Waals surface area contributed by atoms with Crippen molar-refractivity contribution < 1.29 is 23.0 Å². The average Bonchev–Trinajstić information content (AvgIpc) is 3.35. The Morgan fingerprint density at radius 2 is 2.00 bits per heavy atom. The Bertz CT molecular complexity index is 1820. The summed E-state index contributed by atoms with van der Waals surface area (Å²) in [5, 5.41) is 21.8. The highest BCUT2D eigenvalue weighted by Gasteiger charge is 2.34. The number of sulfonamides is 1. The largest absolute Gasteiger partial charge is 0.505 e. The molecule has 0 saturated carbocycles. The predicted octanol–water partition coefficient (Wildman–Crippen LogP) is 3.54. The van der Waals surface area contributed by atoms with Crippen LogP contribution in [0.4, 0.5) is 11.4 Å². The van der Waals surface area contributed by atoms with E-state index in [-0.39, 0.29) is 40.3 Å². The van der Waals surface area contributed by atoms with Gasteiger partial charge in [-0.2, -0.15) is 21.2 Å². The van der Waals surface area contributed by atoms with E-state index in [9.17, 15) is 27.8 Å². The lowest BCUT2D eigenvalue weighted by atomic mass is 10.1. The number of nitrogens with one attached hydrogen (secondary N) is 2. The van der Waals surface area contributed by atoms with Crippen LogP contribution in [-0.2, 0) is 21.1 Å². The minimum atomic E-state index is -4.49. The standard InChI is InChI=1S/C23H19BrN5O6PS2/c1-38(34,35)28-16-5-6-17-18(10-16)36(32,33)27-22(25-17)19-21(30)20(14-7-8-37-12-14)26-29(23(19)31)11-13-3-2-4-15(24)9-13/h2-10,12,28,30H,11H2,1H3,(H2,25,27,32,33). The summed E-state index contributed by atoms with van der Waals surface area (Å²) < 4.78 is 44.6. The second-order valence-electron chi connectivity index (χ2n) is 8.40. The molecule has 2 aromatic carbocycles. The fourth-order valence-electron chi connectivity index (χ4n) is 3.90. The van der Waals surface area contributed by atoms with Crippen LogP contribution in [-0.4, -0.2) is 40.3 Å². The number of amidine groups is 1. The van der Waals surface area contributed by atoms with Gasteiger partial charge < -0.3 is 15.3 Å². The molecule has 0 fully saturated rings.